The fraction of sp³-hybridized carbons (Fsp3) is 0.739. The zero-order valence-electron chi connectivity index (χ0n) is 18.1. The molecule has 2 heterocycles. The Morgan fingerprint density at radius 1 is 1.25 bits per heavy atom. The summed E-state index contributed by atoms with van der Waals surface area (Å²) in [5.74, 6) is 0.817. The lowest BCUT2D eigenvalue weighted by atomic mass is 10.0. The van der Waals surface area contributed by atoms with Gasteiger partial charge in [0.2, 0.25) is 0 Å². The van der Waals surface area contributed by atoms with Crippen LogP contribution in [0.4, 0.5) is 10.6 Å². The molecule has 1 saturated heterocycles. The second kappa shape index (κ2) is 9.25. The Morgan fingerprint density at radius 3 is 2.68 bits per heavy atom. The highest BCUT2D eigenvalue weighted by atomic mass is 16.6. The number of unbranched alkanes of at least 4 members (excludes halogenated alkanes) is 1. The van der Waals surface area contributed by atoms with Crippen LogP contribution in [0.15, 0.2) is 18.3 Å². The smallest absolute Gasteiger partial charge is 0.416 e. The molecule has 5 heteroatoms. The van der Waals surface area contributed by atoms with Crippen LogP contribution in [-0.4, -0.2) is 40.7 Å². The topological polar surface area (TPSA) is 45.7 Å². The van der Waals surface area contributed by atoms with Gasteiger partial charge in [-0.1, -0.05) is 32.3 Å². The molecule has 2 aliphatic rings. The van der Waals surface area contributed by atoms with Crippen molar-refractivity contribution in [2.45, 2.75) is 96.7 Å². The minimum atomic E-state index is -0.511. The van der Waals surface area contributed by atoms with Crippen LogP contribution in [0.25, 0.3) is 0 Å². The molecule has 0 unspecified atom stereocenters. The number of anilines is 1. The molecule has 28 heavy (non-hydrogen) atoms. The minimum Gasteiger partial charge on any atom is -0.443 e. The van der Waals surface area contributed by atoms with Crippen LogP contribution in [-0.2, 0) is 4.74 Å². The fourth-order valence-corrected chi connectivity index (χ4v) is 4.56. The van der Waals surface area contributed by atoms with Crippen LogP contribution < -0.4 is 4.90 Å². The first kappa shape index (κ1) is 21.1. The Balaban J connectivity index is 1.93. The Kier molecular flexibility index (Phi) is 6.97. The third kappa shape index (κ3) is 5.05. The zero-order chi connectivity index (χ0) is 20.1. The van der Waals surface area contributed by atoms with Crippen molar-refractivity contribution in [3.63, 3.8) is 0 Å². The van der Waals surface area contributed by atoms with Gasteiger partial charge in [-0.25, -0.2) is 9.78 Å². The minimum absolute atomic E-state index is 0.189. The van der Waals surface area contributed by atoms with E-state index in [-0.39, 0.29) is 12.1 Å². The molecule has 1 saturated carbocycles. The molecule has 3 rings (SSSR count). The summed E-state index contributed by atoms with van der Waals surface area (Å²) in [6.07, 6.45) is 10.7. The Hall–Kier alpha value is -1.62. The van der Waals surface area contributed by atoms with Gasteiger partial charge in [-0.15, -0.1) is 0 Å². The Labute approximate surface area is 170 Å². The van der Waals surface area contributed by atoms with Gasteiger partial charge in [-0.3, -0.25) is 9.80 Å². The molecule has 1 amide bonds. The molecule has 1 atom stereocenters. The average Bonchev–Trinajstić information content (AvgIpc) is 3.31. The number of nitrogens with zero attached hydrogens (tertiary/aromatic N) is 3. The highest BCUT2D eigenvalue weighted by molar-refractivity contribution is 5.88. The molecule has 0 spiro atoms. The van der Waals surface area contributed by atoms with Crippen molar-refractivity contribution in [2.75, 3.05) is 18.0 Å². The fourth-order valence-electron chi connectivity index (χ4n) is 4.56. The number of amides is 1. The summed E-state index contributed by atoms with van der Waals surface area (Å²) in [5.41, 5.74) is 0.678. The molecule has 0 N–H and O–H groups in total. The van der Waals surface area contributed by atoms with Gasteiger partial charge in [-0.2, -0.15) is 0 Å². The molecule has 5 nitrogen and oxygen atoms in total. The van der Waals surface area contributed by atoms with E-state index in [4.69, 9.17) is 9.72 Å². The molecule has 1 aliphatic heterocycles. The molecule has 0 radical (unpaired) electrons. The molecule has 1 aromatic heterocycles. The van der Waals surface area contributed by atoms with E-state index in [2.05, 4.69) is 17.9 Å². The maximum atomic E-state index is 13.2. The van der Waals surface area contributed by atoms with Crippen molar-refractivity contribution in [3.8, 4) is 0 Å². The van der Waals surface area contributed by atoms with Gasteiger partial charge in [0.15, 0.2) is 0 Å². The summed E-state index contributed by atoms with van der Waals surface area (Å²) >= 11 is 0. The number of hydrogen-bond acceptors (Lipinski definition) is 4. The van der Waals surface area contributed by atoms with Crippen molar-refractivity contribution < 1.29 is 9.53 Å². The summed E-state index contributed by atoms with van der Waals surface area (Å²) in [6, 6.07) is 4.72. The van der Waals surface area contributed by atoms with Gasteiger partial charge >= 0.3 is 6.09 Å². The number of hydrogen-bond donors (Lipinski definition) is 0. The van der Waals surface area contributed by atoms with Crippen LogP contribution >= 0.6 is 0 Å². The zero-order valence-corrected chi connectivity index (χ0v) is 18.1. The highest BCUT2D eigenvalue weighted by Gasteiger charge is 2.36. The number of rotatable bonds is 6. The molecular formula is C23H37N3O2. The van der Waals surface area contributed by atoms with E-state index < -0.39 is 5.60 Å². The molecule has 2 fully saturated rings. The van der Waals surface area contributed by atoms with Crippen LogP contribution in [0, 0.1) is 0 Å². The van der Waals surface area contributed by atoms with Crippen molar-refractivity contribution in [1.82, 2.24) is 9.88 Å². The second-order valence-corrected chi connectivity index (χ2v) is 9.25. The number of aromatic nitrogens is 1. The number of ether oxygens (including phenoxy) is 1. The number of likely N-dealkylation sites (tertiary alicyclic amines) is 1. The Morgan fingerprint density at radius 2 is 2.00 bits per heavy atom. The first-order chi connectivity index (χ1) is 13.4. The third-order valence-electron chi connectivity index (χ3n) is 5.85. The van der Waals surface area contributed by atoms with E-state index in [9.17, 15) is 4.79 Å². The Bertz CT molecular complexity index is 649. The maximum absolute atomic E-state index is 13.2. The summed E-state index contributed by atoms with van der Waals surface area (Å²) in [4.78, 5) is 22.4. The lowest BCUT2D eigenvalue weighted by Gasteiger charge is -2.34. The van der Waals surface area contributed by atoms with Gasteiger partial charge < -0.3 is 4.74 Å². The summed E-state index contributed by atoms with van der Waals surface area (Å²) in [6.45, 7) is 10.3. The molecular weight excluding hydrogens is 350 g/mol. The average molecular weight is 388 g/mol. The van der Waals surface area contributed by atoms with E-state index in [1.807, 2.05) is 37.9 Å². The van der Waals surface area contributed by atoms with E-state index >= 15 is 0 Å². The largest absolute Gasteiger partial charge is 0.443 e. The molecule has 1 aliphatic carbocycles. The first-order valence-electron chi connectivity index (χ1n) is 11.1. The number of pyridine rings is 1. The van der Waals surface area contributed by atoms with Gasteiger partial charge in [0, 0.05) is 23.8 Å². The normalized spacial score (nSPS) is 21.2. The van der Waals surface area contributed by atoms with Gasteiger partial charge in [0.05, 0.1) is 0 Å². The van der Waals surface area contributed by atoms with E-state index in [0.29, 0.717) is 6.04 Å². The second-order valence-electron chi connectivity index (χ2n) is 9.25. The van der Waals surface area contributed by atoms with Gasteiger partial charge in [0.1, 0.15) is 11.4 Å². The molecule has 156 valence electrons. The van der Waals surface area contributed by atoms with Gasteiger partial charge in [0.25, 0.3) is 0 Å². The van der Waals surface area contributed by atoms with Gasteiger partial charge in [-0.05, 0) is 72.0 Å². The van der Waals surface area contributed by atoms with Crippen molar-refractivity contribution in [3.05, 3.63) is 23.9 Å². The predicted molar refractivity (Wildman–Crippen MR) is 114 cm³/mol. The van der Waals surface area contributed by atoms with E-state index in [1.54, 1.807) is 0 Å². The summed E-state index contributed by atoms with van der Waals surface area (Å²) in [7, 11) is 0. The maximum Gasteiger partial charge on any atom is 0.416 e. The molecule has 0 aromatic carbocycles. The number of carbonyl (C=O) groups excluding carboxylic acids is 1. The molecule has 0 bridgehead atoms. The van der Waals surface area contributed by atoms with E-state index in [0.717, 1.165) is 51.0 Å². The summed E-state index contributed by atoms with van der Waals surface area (Å²) in [5, 5.41) is 0. The van der Waals surface area contributed by atoms with Crippen LogP contribution in [0.5, 0.6) is 0 Å². The third-order valence-corrected chi connectivity index (χ3v) is 5.85. The standard InChI is InChI=1S/C23H37N3O2/c1-5-6-16-25-17-10-14-20(25)19-13-9-15-24-21(19)26(18-11-7-8-12-18)22(27)28-23(2,3)4/h9,13,15,18,20H,5-8,10-12,14,16-17H2,1-4H3/t20-/m0/s1. The quantitative estimate of drug-likeness (QED) is 0.628. The first-order valence-corrected chi connectivity index (χ1v) is 11.1. The van der Waals surface area contributed by atoms with Crippen LogP contribution in [0.1, 0.15) is 90.7 Å². The predicted octanol–water partition coefficient (Wildman–Crippen LogP) is 5.70. The monoisotopic (exact) mass is 387 g/mol. The number of carbonyl (C=O) groups is 1. The summed E-state index contributed by atoms with van der Waals surface area (Å²) < 4.78 is 5.81. The van der Waals surface area contributed by atoms with Crippen LogP contribution in [0.2, 0.25) is 0 Å². The SMILES string of the molecule is CCCCN1CCC[C@H]1c1cccnc1N(C(=O)OC(C)(C)C)C1CCCC1. The molecule has 1 aromatic rings. The lowest BCUT2D eigenvalue weighted by Crippen LogP contribution is -2.44. The van der Waals surface area contributed by atoms with Crippen LogP contribution in [0.3, 0.4) is 0 Å². The van der Waals surface area contributed by atoms with Crippen molar-refractivity contribution in [2.24, 2.45) is 0 Å². The lowest BCUT2D eigenvalue weighted by molar-refractivity contribution is 0.0564. The van der Waals surface area contributed by atoms with Crippen molar-refractivity contribution in [1.29, 1.82) is 0 Å². The van der Waals surface area contributed by atoms with E-state index in [1.165, 1.54) is 24.8 Å². The highest BCUT2D eigenvalue weighted by Crippen LogP contribution is 2.39. The van der Waals surface area contributed by atoms with Crippen molar-refractivity contribution >= 4 is 11.9 Å².